The summed E-state index contributed by atoms with van der Waals surface area (Å²) in [5.41, 5.74) is 0.710. The summed E-state index contributed by atoms with van der Waals surface area (Å²) in [5, 5.41) is 8.59. The van der Waals surface area contributed by atoms with Crippen LogP contribution in [0.15, 0.2) is 0 Å². The van der Waals surface area contributed by atoms with Crippen LogP contribution < -0.4 is 0 Å². The first-order valence-electron chi connectivity index (χ1n) is 6.88. The summed E-state index contributed by atoms with van der Waals surface area (Å²) in [4.78, 5) is 21.3. The number of aliphatic carboxylic acids is 1. The molecule has 1 unspecified atom stereocenters. The molecule has 0 aromatic rings. The number of hydrogen-bond acceptors (Lipinski definition) is 2. The van der Waals surface area contributed by atoms with Gasteiger partial charge in [-0.15, -0.1) is 7.92 Å². The Morgan fingerprint density at radius 1 is 1.00 bits per heavy atom. The molecule has 3 nitrogen and oxygen atoms in total. The van der Waals surface area contributed by atoms with E-state index >= 15 is 0 Å². The second-order valence-electron chi connectivity index (χ2n) is 5.14. The summed E-state index contributed by atoms with van der Waals surface area (Å²) in [6.07, 6.45) is 7.40. The van der Waals surface area contributed by atoms with E-state index in [2.05, 4.69) is 13.8 Å². The van der Waals surface area contributed by atoms with Gasteiger partial charge in [0, 0.05) is 12.8 Å². The van der Waals surface area contributed by atoms with Gasteiger partial charge in [-0.1, -0.05) is 13.8 Å². The Morgan fingerprint density at radius 2 is 1.50 bits per heavy atom. The predicted molar refractivity (Wildman–Crippen MR) is 77.8 cm³/mol. The Balaban J connectivity index is 3.71. The first-order chi connectivity index (χ1) is 8.43. The Kier molecular flexibility index (Phi) is 10.2. The van der Waals surface area contributed by atoms with Gasteiger partial charge in [-0.05, 0) is 50.6 Å². The number of carboxylic acid groups (broad SMARTS) is 1. The highest BCUT2D eigenvalue weighted by Gasteiger charge is 2.12. The maximum atomic E-state index is 10.8. The van der Waals surface area contributed by atoms with Gasteiger partial charge >= 0.3 is 5.97 Å². The van der Waals surface area contributed by atoms with Crippen LogP contribution in [0.4, 0.5) is 0 Å². The van der Waals surface area contributed by atoms with Crippen molar-refractivity contribution in [2.75, 3.05) is 12.3 Å². The summed E-state index contributed by atoms with van der Waals surface area (Å²) >= 11 is 0. The number of rotatable bonds is 11. The number of carboxylic acids is 1. The molecule has 106 valence electrons. The highest BCUT2D eigenvalue weighted by Crippen LogP contribution is 2.42. The van der Waals surface area contributed by atoms with E-state index in [4.69, 9.17) is 5.11 Å². The molecule has 0 aliphatic carbocycles. The van der Waals surface area contributed by atoms with Crippen molar-refractivity contribution in [1.29, 1.82) is 0 Å². The number of ketones is 1. The fourth-order valence-electron chi connectivity index (χ4n) is 1.91. The summed E-state index contributed by atoms with van der Waals surface area (Å²) in [6.45, 7) is 6.17. The third kappa shape index (κ3) is 10.7. The van der Waals surface area contributed by atoms with Crippen LogP contribution >= 0.6 is 7.92 Å². The molecule has 1 atom stereocenters. The first kappa shape index (κ1) is 17.6. The lowest BCUT2D eigenvalue weighted by Gasteiger charge is -2.21. The van der Waals surface area contributed by atoms with Gasteiger partial charge in [0.2, 0.25) is 0 Å². The minimum absolute atomic E-state index is 0.0143. The van der Waals surface area contributed by atoms with E-state index in [1.165, 1.54) is 12.3 Å². The van der Waals surface area contributed by atoms with Gasteiger partial charge in [0.1, 0.15) is 5.78 Å². The van der Waals surface area contributed by atoms with Gasteiger partial charge in [0.05, 0.1) is 0 Å². The van der Waals surface area contributed by atoms with Gasteiger partial charge < -0.3 is 9.90 Å². The van der Waals surface area contributed by atoms with E-state index in [9.17, 15) is 9.59 Å². The third-order valence-corrected chi connectivity index (χ3v) is 6.28. The minimum atomic E-state index is -0.690. The maximum Gasteiger partial charge on any atom is 0.303 e. The van der Waals surface area contributed by atoms with Crippen LogP contribution in [0.2, 0.25) is 0 Å². The number of unbranched alkanes of at least 4 members (excludes halogenated alkanes) is 2. The van der Waals surface area contributed by atoms with E-state index < -0.39 is 5.97 Å². The maximum absolute atomic E-state index is 10.8. The normalized spacial score (nSPS) is 12.7. The Labute approximate surface area is 112 Å². The highest BCUT2D eigenvalue weighted by atomic mass is 31.1. The second-order valence-corrected chi connectivity index (χ2v) is 8.24. The minimum Gasteiger partial charge on any atom is -0.481 e. The Bertz CT molecular complexity index is 229. The molecule has 0 saturated heterocycles. The van der Waals surface area contributed by atoms with Crippen LogP contribution in [0.3, 0.4) is 0 Å². The fraction of sp³-hybridized carbons (Fsp3) is 0.857. The molecule has 0 amide bonds. The molecule has 4 heteroatoms. The molecule has 0 aromatic heterocycles. The summed E-state index contributed by atoms with van der Waals surface area (Å²) < 4.78 is 0. The van der Waals surface area contributed by atoms with Crippen molar-refractivity contribution in [1.82, 2.24) is 0 Å². The molecule has 0 rings (SSSR count). The van der Waals surface area contributed by atoms with Crippen LogP contribution in [0, 0.1) is 0 Å². The lowest BCUT2D eigenvalue weighted by Crippen LogP contribution is -2.03. The quantitative estimate of drug-likeness (QED) is 0.459. The van der Waals surface area contributed by atoms with E-state index in [1.807, 2.05) is 0 Å². The molecule has 0 radical (unpaired) electrons. The largest absolute Gasteiger partial charge is 0.481 e. The van der Waals surface area contributed by atoms with Crippen molar-refractivity contribution >= 4 is 19.7 Å². The van der Waals surface area contributed by atoms with Crippen molar-refractivity contribution < 1.29 is 14.7 Å². The zero-order chi connectivity index (χ0) is 14.0. The topological polar surface area (TPSA) is 54.4 Å². The molecule has 0 aliphatic heterocycles. The highest BCUT2D eigenvalue weighted by molar-refractivity contribution is 7.58. The zero-order valence-electron chi connectivity index (χ0n) is 11.9. The van der Waals surface area contributed by atoms with Crippen molar-refractivity contribution in [3.8, 4) is 0 Å². The summed E-state index contributed by atoms with van der Waals surface area (Å²) in [6, 6.07) is 0. The SMILES string of the molecule is CC(=O)CCCCP(CCCCC(=O)O)C(C)C. The standard InChI is InChI=1S/C14H27O3P/c1-12(2)18(10-6-4-8-13(3)15)11-7-5-9-14(16)17/h12H,4-11H2,1-3H3,(H,16,17). The summed E-state index contributed by atoms with van der Waals surface area (Å²) in [5.74, 6) is -0.407. The zero-order valence-corrected chi connectivity index (χ0v) is 12.8. The predicted octanol–water partition coefficient (Wildman–Crippen LogP) is 3.89. The number of Topliss-reactive ketones (excluding diaryl/α,β-unsaturated/α-hetero) is 1. The molecular weight excluding hydrogens is 247 g/mol. The van der Waals surface area contributed by atoms with E-state index in [0.717, 1.165) is 25.7 Å². The number of carbonyl (C=O) groups excluding carboxylic acids is 1. The Hall–Kier alpha value is -0.430. The first-order valence-corrected chi connectivity index (χ1v) is 8.67. The van der Waals surface area contributed by atoms with Crippen molar-refractivity contribution in [2.45, 2.75) is 65.0 Å². The average molecular weight is 274 g/mol. The van der Waals surface area contributed by atoms with Gasteiger partial charge in [-0.3, -0.25) is 4.79 Å². The fourth-order valence-corrected chi connectivity index (χ4v) is 4.42. The van der Waals surface area contributed by atoms with Crippen molar-refractivity contribution in [2.24, 2.45) is 0 Å². The molecule has 0 bridgehead atoms. The lowest BCUT2D eigenvalue weighted by molar-refractivity contribution is -0.137. The van der Waals surface area contributed by atoms with Crippen LogP contribution in [0.1, 0.15) is 59.3 Å². The molecule has 0 aromatic carbocycles. The molecule has 0 spiro atoms. The van der Waals surface area contributed by atoms with Gasteiger partial charge in [-0.2, -0.15) is 0 Å². The van der Waals surface area contributed by atoms with E-state index in [-0.39, 0.29) is 13.7 Å². The van der Waals surface area contributed by atoms with E-state index in [1.54, 1.807) is 6.92 Å². The van der Waals surface area contributed by atoms with Gasteiger partial charge in [0.15, 0.2) is 0 Å². The number of hydrogen-bond donors (Lipinski definition) is 1. The molecule has 0 heterocycles. The Morgan fingerprint density at radius 3 is 1.89 bits per heavy atom. The third-order valence-electron chi connectivity index (χ3n) is 3.04. The average Bonchev–Trinajstić information content (AvgIpc) is 2.25. The second kappa shape index (κ2) is 10.5. The van der Waals surface area contributed by atoms with Crippen LogP contribution in [0.25, 0.3) is 0 Å². The lowest BCUT2D eigenvalue weighted by atomic mass is 10.2. The van der Waals surface area contributed by atoms with Crippen molar-refractivity contribution in [3.05, 3.63) is 0 Å². The smallest absolute Gasteiger partial charge is 0.303 e. The molecule has 0 fully saturated rings. The van der Waals surface area contributed by atoms with E-state index in [0.29, 0.717) is 18.5 Å². The molecule has 18 heavy (non-hydrogen) atoms. The number of carbonyl (C=O) groups is 2. The van der Waals surface area contributed by atoms with Crippen LogP contribution in [-0.2, 0) is 9.59 Å². The van der Waals surface area contributed by atoms with Crippen molar-refractivity contribution in [3.63, 3.8) is 0 Å². The van der Waals surface area contributed by atoms with Crippen LogP contribution in [-0.4, -0.2) is 34.8 Å². The van der Waals surface area contributed by atoms with Crippen LogP contribution in [0.5, 0.6) is 0 Å². The molecule has 0 saturated carbocycles. The molecule has 0 aliphatic rings. The monoisotopic (exact) mass is 274 g/mol. The summed E-state index contributed by atoms with van der Waals surface area (Å²) in [7, 11) is 0.0143. The van der Waals surface area contributed by atoms with Gasteiger partial charge in [-0.25, -0.2) is 0 Å². The molecule has 1 N–H and O–H groups in total. The molecular formula is C14H27O3P. The van der Waals surface area contributed by atoms with Gasteiger partial charge in [0.25, 0.3) is 0 Å².